The Morgan fingerprint density at radius 3 is 2.62 bits per heavy atom. The summed E-state index contributed by atoms with van der Waals surface area (Å²) in [5.74, 6) is 0. The third kappa shape index (κ3) is 2.87. The molecule has 0 amide bonds. The lowest BCUT2D eigenvalue weighted by atomic mass is 10.1. The highest BCUT2D eigenvalue weighted by Gasteiger charge is 2.12. The number of morpholine rings is 1. The fourth-order valence-electron chi connectivity index (χ4n) is 3.07. The van der Waals surface area contributed by atoms with E-state index in [4.69, 9.17) is 4.74 Å². The maximum absolute atomic E-state index is 12.4. The number of rotatable bonds is 3. The first-order valence-electron chi connectivity index (χ1n) is 7.56. The van der Waals surface area contributed by atoms with Crippen LogP contribution in [0.2, 0.25) is 0 Å². The Morgan fingerprint density at radius 2 is 1.86 bits per heavy atom. The van der Waals surface area contributed by atoms with E-state index in [2.05, 4.69) is 30.0 Å². The topological polar surface area (TPSA) is 34.5 Å². The van der Waals surface area contributed by atoms with Gasteiger partial charge < -0.3 is 9.30 Å². The first-order valence-corrected chi connectivity index (χ1v) is 7.56. The predicted octanol–water partition coefficient (Wildman–Crippen LogP) is 1.95. The minimum Gasteiger partial charge on any atom is -0.379 e. The molecule has 1 saturated heterocycles. The summed E-state index contributed by atoms with van der Waals surface area (Å²) in [5.41, 5.74) is 3.40. The molecule has 1 aliphatic rings. The first-order chi connectivity index (χ1) is 10.2. The standard InChI is InChI=1S/C17H22N2O2/c1-13-4-3-5-15-14(2)12-16(20)19(17(13)15)7-6-18-8-10-21-11-9-18/h3-5,12H,6-11H2,1-2H3. The van der Waals surface area contributed by atoms with Gasteiger partial charge in [-0.2, -0.15) is 0 Å². The van der Waals surface area contributed by atoms with E-state index in [0.717, 1.165) is 56.0 Å². The lowest BCUT2D eigenvalue weighted by Crippen LogP contribution is -2.39. The number of hydrogen-bond acceptors (Lipinski definition) is 3. The van der Waals surface area contributed by atoms with E-state index in [9.17, 15) is 4.79 Å². The summed E-state index contributed by atoms with van der Waals surface area (Å²) >= 11 is 0. The van der Waals surface area contributed by atoms with Gasteiger partial charge in [-0.15, -0.1) is 0 Å². The molecule has 2 aromatic rings. The van der Waals surface area contributed by atoms with Crippen LogP contribution in [0.25, 0.3) is 10.9 Å². The molecule has 1 aliphatic heterocycles. The number of fused-ring (bicyclic) bond motifs is 1. The van der Waals surface area contributed by atoms with Gasteiger partial charge in [0, 0.05) is 37.6 Å². The molecule has 1 fully saturated rings. The number of benzene rings is 1. The van der Waals surface area contributed by atoms with E-state index in [1.54, 1.807) is 6.07 Å². The molecule has 0 radical (unpaired) electrons. The van der Waals surface area contributed by atoms with E-state index >= 15 is 0 Å². The summed E-state index contributed by atoms with van der Waals surface area (Å²) < 4.78 is 7.29. The highest BCUT2D eigenvalue weighted by molar-refractivity contribution is 5.85. The summed E-state index contributed by atoms with van der Waals surface area (Å²) in [7, 11) is 0. The van der Waals surface area contributed by atoms with Crippen LogP contribution in [0.4, 0.5) is 0 Å². The normalized spacial score (nSPS) is 16.5. The lowest BCUT2D eigenvalue weighted by molar-refractivity contribution is 0.0364. The van der Waals surface area contributed by atoms with Gasteiger partial charge in [0.25, 0.3) is 5.56 Å². The highest BCUT2D eigenvalue weighted by Crippen LogP contribution is 2.20. The molecule has 112 valence electrons. The molecule has 0 saturated carbocycles. The first kappa shape index (κ1) is 14.3. The minimum absolute atomic E-state index is 0.0996. The van der Waals surface area contributed by atoms with Gasteiger partial charge in [-0.05, 0) is 25.0 Å². The van der Waals surface area contributed by atoms with E-state index in [1.807, 2.05) is 11.5 Å². The van der Waals surface area contributed by atoms with Crippen molar-refractivity contribution in [2.75, 3.05) is 32.8 Å². The number of hydrogen-bond donors (Lipinski definition) is 0. The van der Waals surface area contributed by atoms with Crippen molar-refractivity contribution >= 4 is 10.9 Å². The molecule has 4 heteroatoms. The number of ether oxygens (including phenoxy) is 1. The van der Waals surface area contributed by atoms with Crippen LogP contribution in [0, 0.1) is 13.8 Å². The zero-order chi connectivity index (χ0) is 14.8. The molecule has 2 heterocycles. The molecular formula is C17H22N2O2. The number of aromatic nitrogens is 1. The van der Waals surface area contributed by atoms with Gasteiger partial charge in [-0.25, -0.2) is 0 Å². The second-order valence-corrected chi connectivity index (χ2v) is 5.74. The molecule has 3 rings (SSSR count). The van der Waals surface area contributed by atoms with Gasteiger partial charge in [0.15, 0.2) is 0 Å². The average Bonchev–Trinajstić information content (AvgIpc) is 2.49. The molecule has 0 unspecified atom stereocenters. The van der Waals surface area contributed by atoms with Crippen LogP contribution in [0.15, 0.2) is 29.1 Å². The van der Waals surface area contributed by atoms with Gasteiger partial charge in [0.1, 0.15) is 0 Å². The average molecular weight is 286 g/mol. The Hall–Kier alpha value is -1.65. The molecule has 0 spiro atoms. The fourth-order valence-corrected chi connectivity index (χ4v) is 3.07. The molecule has 0 aliphatic carbocycles. The third-order valence-electron chi connectivity index (χ3n) is 4.28. The van der Waals surface area contributed by atoms with Crippen molar-refractivity contribution in [1.82, 2.24) is 9.47 Å². The van der Waals surface area contributed by atoms with Crippen molar-refractivity contribution in [3.8, 4) is 0 Å². The van der Waals surface area contributed by atoms with Crippen molar-refractivity contribution in [1.29, 1.82) is 0 Å². The van der Waals surface area contributed by atoms with Gasteiger partial charge in [-0.3, -0.25) is 9.69 Å². The van der Waals surface area contributed by atoms with Crippen LogP contribution in [0.5, 0.6) is 0 Å². The van der Waals surface area contributed by atoms with Gasteiger partial charge in [0.05, 0.1) is 18.7 Å². The molecule has 1 aromatic carbocycles. The summed E-state index contributed by atoms with van der Waals surface area (Å²) in [6, 6.07) is 7.98. The summed E-state index contributed by atoms with van der Waals surface area (Å²) in [5, 5.41) is 1.18. The maximum Gasteiger partial charge on any atom is 0.251 e. The van der Waals surface area contributed by atoms with Crippen molar-refractivity contribution in [2.24, 2.45) is 0 Å². The van der Waals surface area contributed by atoms with E-state index in [0.29, 0.717) is 0 Å². The highest BCUT2D eigenvalue weighted by atomic mass is 16.5. The van der Waals surface area contributed by atoms with Gasteiger partial charge >= 0.3 is 0 Å². The molecule has 21 heavy (non-hydrogen) atoms. The monoisotopic (exact) mass is 286 g/mol. The Labute approximate surface area is 124 Å². The number of para-hydroxylation sites is 1. The van der Waals surface area contributed by atoms with Crippen LogP contribution >= 0.6 is 0 Å². The SMILES string of the molecule is Cc1cc(=O)n(CCN2CCOCC2)c2c(C)cccc12. The summed E-state index contributed by atoms with van der Waals surface area (Å²) in [4.78, 5) is 14.8. The smallest absolute Gasteiger partial charge is 0.251 e. The van der Waals surface area contributed by atoms with E-state index in [-0.39, 0.29) is 5.56 Å². The molecule has 0 N–H and O–H groups in total. The van der Waals surface area contributed by atoms with E-state index < -0.39 is 0 Å². The Balaban J connectivity index is 1.95. The van der Waals surface area contributed by atoms with E-state index in [1.165, 1.54) is 5.39 Å². The maximum atomic E-state index is 12.4. The van der Waals surface area contributed by atoms with Crippen molar-refractivity contribution in [3.63, 3.8) is 0 Å². The number of pyridine rings is 1. The minimum atomic E-state index is 0.0996. The Kier molecular flexibility index (Phi) is 4.08. The zero-order valence-electron chi connectivity index (χ0n) is 12.8. The van der Waals surface area contributed by atoms with Crippen molar-refractivity contribution in [2.45, 2.75) is 20.4 Å². The largest absolute Gasteiger partial charge is 0.379 e. The molecule has 1 aromatic heterocycles. The van der Waals surface area contributed by atoms with Crippen LogP contribution in [0.3, 0.4) is 0 Å². The quantitative estimate of drug-likeness (QED) is 0.865. The summed E-state index contributed by atoms with van der Waals surface area (Å²) in [6.45, 7) is 9.22. The van der Waals surface area contributed by atoms with Gasteiger partial charge in [-0.1, -0.05) is 18.2 Å². The number of aryl methyl sites for hydroxylation is 2. The lowest BCUT2D eigenvalue weighted by Gasteiger charge is -2.27. The second-order valence-electron chi connectivity index (χ2n) is 5.74. The molecular weight excluding hydrogens is 264 g/mol. The molecule has 0 bridgehead atoms. The third-order valence-corrected chi connectivity index (χ3v) is 4.28. The zero-order valence-corrected chi connectivity index (χ0v) is 12.8. The fraction of sp³-hybridized carbons (Fsp3) is 0.471. The second kappa shape index (κ2) is 6.00. The van der Waals surface area contributed by atoms with Crippen LogP contribution in [-0.2, 0) is 11.3 Å². The molecule has 0 atom stereocenters. The van der Waals surface area contributed by atoms with Gasteiger partial charge in [0.2, 0.25) is 0 Å². The van der Waals surface area contributed by atoms with Crippen LogP contribution in [-0.4, -0.2) is 42.3 Å². The van der Waals surface area contributed by atoms with Crippen molar-refractivity contribution in [3.05, 3.63) is 45.7 Å². The Morgan fingerprint density at radius 1 is 1.10 bits per heavy atom. The van der Waals surface area contributed by atoms with Crippen LogP contribution < -0.4 is 5.56 Å². The Bertz CT molecular complexity index is 700. The molecule has 4 nitrogen and oxygen atoms in total. The van der Waals surface area contributed by atoms with Crippen LogP contribution in [0.1, 0.15) is 11.1 Å². The number of nitrogens with zero attached hydrogens (tertiary/aromatic N) is 2. The van der Waals surface area contributed by atoms with Crippen molar-refractivity contribution < 1.29 is 4.74 Å². The predicted molar refractivity (Wildman–Crippen MR) is 84.9 cm³/mol. The summed E-state index contributed by atoms with van der Waals surface area (Å²) in [6.07, 6.45) is 0.